The smallest absolute Gasteiger partial charge is 0.408 e. The van der Waals surface area contributed by atoms with Crippen LogP contribution in [-0.2, 0) is 20.9 Å². The van der Waals surface area contributed by atoms with Gasteiger partial charge in [-0.1, -0.05) is 95.5 Å². The summed E-state index contributed by atoms with van der Waals surface area (Å²) >= 11 is 0. The van der Waals surface area contributed by atoms with E-state index in [0.29, 0.717) is 13.0 Å². The number of carbonyl (C=O) groups excluding carboxylic acids is 2. The van der Waals surface area contributed by atoms with E-state index in [4.69, 9.17) is 9.47 Å². The second-order valence-corrected chi connectivity index (χ2v) is 7.19. The maximum atomic E-state index is 12.4. The molecule has 0 spiro atoms. The minimum absolute atomic E-state index is 0.182. The minimum atomic E-state index is -0.643. The number of esters is 1. The normalized spacial score (nSPS) is 11.6. The lowest BCUT2D eigenvalue weighted by Gasteiger charge is -2.17. The van der Waals surface area contributed by atoms with Crippen molar-refractivity contribution in [2.24, 2.45) is 0 Å². The van der Waals surface area contributed by atoms with E-state index in [-0.39, 0.29) is 12.6 Å². The zero-order valence-corrected chi connectivity index (χ0v) is 17.6. The molecule has 1 unspecified atom stereocenters. The predicted octanol–water partition coefficient (Wildman–Crippen LogP) is 5.77. The van der Waals surface area contributed by atoms with Crippen molar-refractivity contribution in [3.63, 3.8) is 0 Å². The highest BCUT2D eigenvalue weighted by molar-refractivity contribution is 5.81. The molecule has 0 aliphatic heterocycles. The van der Waals surface area contributed by atoms with Crippen molar-refractivity contribution in [1.29, 1.82) is 0 Å². The largest absolute Gasteiger partial charge is 0.464 e. The van der Waals surface area contributed by atoms with E-state index < -0.39 is 12.1 Å². The average molecular weight is 392 g/mol. The first-order valence-electron chi connectivity index (χ1n) is 10.8. The Kier molecular flexibility index (Phi) is 13.7. The second-order valence-electron chi connectivity index (χ2n) is 7.19. The van der Waals surface area contributed by atoms with Gasteiger partial charge in [-0.3, -0.25) is 0 Å². The molecule has 1 atom stereocenters. The van der Waals surface area contributed by atoms with Gasteiger partial charge in [-0.05, 0) is 18.4 Å². The summed E-state index contributed by atoms with van der Waals surface area (Å²) in [6.07, 6.45) is 9.66. The highest BCUT2D eigenvalue weighted by Gasteiger charge is 2.22. The van der Waals surface area contributed by atoms with E-state index in [1.807, 2.05) is 30.3 Å². The minimum Gasteiger partial charge on any atom is -0.464 e. The van der Waals surface area contributed by atoms with Gasteiger partial charge >= 0.3 is 12.1 Å². The Morgan fingerprint density at radius 2 is 1.50 bits per heavy atom. The van der Waals surface area contributed by atoms with Crippen LogP contribution in [0.15, 0.2) is 30.3 Å². The van der Waals surface area contributed by atoms with Crippen LogP contribution in [0, 0.1) is 0 Å². The van der Waals surface area contributed by atoms with E-state index in [9.17, 15) is 9.59 Å². The molecular weight excluding hydrogens is 354 g/mol. The van der Waals surface area contributed by atoms with Crippen LogP contribution in [0.2, 0.25) is 0 Å². The van der Waals surface area contributed by atoms with Gasteiger partial charge in [0.1, 0.15) is 12.6 Å². The van der Waals surface area contributed by atoms with E-state index in [0.717, 1.165) is 44.1 Å². The third-order valence-corrected chi connectivity index (χ3v) is 4.63. The monoisotopic (exact) mass is 391 g/mol. The average Bonchev–Trinajstić information content (AvgIpc) is 2.72. The molecule has 0 saturated heterocycles. The molecule has 0 heterocycles. The van der Waals surface area contributed by atoms with Crippen molar-refractivity contribution in [1.82, 2.24) is 5.32 Å². The number of carbonyl (C=O) groups is 2. The molecule has 0 saturated carbocycles. The number of unbranched alkanes of at least 4 members (excludes halogenated alkanes) is 7. The molecule has 1 aromatic carbocycles. The number of nitrogens with one attached hydrogen (secondary N) is 1. The molecule has 28 heavy (non-hydrogen) atoms. The number of hydrogen-bond donors (Lipinski definition) is 1. The first-order valence-corrected chi connectivity index (χ1v) is 10.8. The molecule has 1 rings (SSSR count). The molecule has 1 aromatic rings. The van der Waals surface area contributed by atoms with E-state index >= 15 is 0 Å². The molecule has 1 amide bonds. The van der Waals surface area contributed by atoms with Crippen molar-refractivity contribution < 1.29 is 19.1 Å². The summed E-state index contributed by atoms with van der Waals surface area (Å²) < 4.78 is 10.6. The standard InChI is InChI=1S/C23H37NO4/c1-3-5-7-9-14-18-27-22(25)21(17-13-8-6-4-2)24-23(26)28-19-20-15-11-10-12-16-20/h10-12,15-16,21H,3-9,13-14,17-19H2,1-2H3,(H,24,26). The first-order chi connectivity index (χ1) is 13.7. The third kappa shape index (κ3) is 11.6. The molecule has 0 aliphatic rings. The van der Waals surface area contributed by atoms with Crippen LogP contribution in [0.1, 0.15) is 83.6 Å². The fourth-order valence-corrected chi connectivity index (χ4v) is 2.91. The lowest BCUT2D eigenvalue weighted by molar-refractivity contribution is -0.146. The molecular formula is C23H37NO4. The van der Waals surface area contributed by atoms with E-state index in [1.54, 1.807) is 0 Å². The van der Waals surface area contributed by atoms with Crippen molar-refractivity contribution in [3.8, 4) is 0 Å². The van der Waals surface area contributed by atoms with Crippen LogP contribution in [0.4, 0.5) is 4.79 Å². The maximum Gasteiger partial charge on any atom is 0.408 e. The van der Waals surface area contributed by atoms with Gasteiger partial charge in [0.2, 0.25) is 0 Å². The van der Waals surface area contributed by atoms with Crippen LogP contribution in [0.25, 0.3) is 0 Å². The zero-order valence-electron chi connectivity index (χ0n) is 17.6. The zero-order chi connectivity index (χ0) is 20.5. The summed E-state index contributed by atoms with van der Waals surface area (Å²) in [6, 6.07) is 8.84. The van der Waals surface area contributed by atoms with Gasteiger partial charge in [0.05, 0.1) is 6.61 Å². The Morgan fingerprint density at radius 3 is 2.18 bits per heavy atom. The second kappa shape index (κ2) is 16.0. The number of ether oxygens (including phenoxy) is 2. The van der Waals surface area contributed by atoms with E-state index in [2.05, 4.69) is 19.2 Å². The van der Waals surface area contributed by atoms with Gasteiger partial charge < -0.3 is 14.8 Å². The van der Waals surface area contributed by atoms with Gasteiger partial charge in [-0.25, -0.2) is 9.59 Å². The molecule has 0 aliphatic carbocycles. The Hall–Kier alpha value is -2.04. The van der Waals surface area contributed by atoms with Crippen LogP contribution in [0.3, 0.4) is 0 Å². The summed E-state index contributed by atoms with van der Waals surface area (Å²) in [4.78, 5) is 24.5. The third-order valence-electron chi connectivity index (χ3n) is 4.63. The van der Waals surface area contributed by atoms with Crippen molar-refractivity contribution in [3.05, 3.63) is 35.9 Å². The lowest BCUT2D eigenvalue weighted by Crippen LogP contribution is -2.42. The maximum absolute atomic E-state index is 12.4. The molecule has 1 N–H and O–H groups in total. The first kappa shape index (κ1) is 24.0. The van der Waals surface area contributed by atoms with Crippen molar-refractivity contribution in [2.45, 2.75) is 90.7 Å². The number of amides is 1. The Morgan fingerprint density at radius 1 is 0.857 bits per heavy atom. The SMILES string of the molecule is CCCCCCCOC(=O)C(CCCCCC)NC(=O)OCc1ccccc1. The molecule has 158 valence electrons. The van der Waals surface area contributed by atoms with Gasteiger partial charge in [0.25, 0.3) is 0 Å². The van der Waals surface area contributed by atoms with Crippen LogP contribution in [-0.4, -0.2) is 24.7 Å². The Balaban J connectivity index is 2.41. The van der Waals surface area contributed by atoms with Gasteiger partial charge in [0.15, 0.2) is 0 Å². The van der Waals surface area contributed by atoms with Gasteiger partial charge in [-0.2, -0.15) is 0 Å². The summed E-state index contributed by atoms with van der Waals surface area (Å²) in [5, 5.41) is 2.69. The fourth-order valence-electron chi connectivity index (χ4n) is 2.91. The molecule has 0 bridgehead atoms. The Bertz CT molecular complexity index is 533. The number of benzene rings is 1. The number of hydrogen-bond acceptors (Lipinski definition) is 4. The van der Waals surface area contributed by atoms with Gasteiger partial charge in [0, 0.05) is 0 Å². The highest BCUT2D eigenvalue weighted by Crippen LogP contribution is 2.09. The van der Waals surface area contributed by atoms with Crippen molar-refractivity contribution in [2.75, 3.05) is 6.61 Å². The summed E-state index contributed by atoms with van der Waals surface area (Å²) in [7, 11) is 0. The molecule has 0 aromatic heterocycles. The van der Waals surface area contributed by atoms with Crippen LogP contribution >= 0.6 is 0 Å². The molecule has 5 nitrogen and oxygen atoms in total. The van der Waals surface area contributed by atoms with Crippen LogP contribution in [0.5, 0.6) is 0 Å². The van der Waals surface area contributed by atoms with E-state index in [1.165, 1.54) is 19.3 Å². The lowest BCUT2D eigenvalue weighted by atomic mass is 10.1. The number of alkyl carbamates (subject to hydrolysis) is 1. The summed E-state index contributed by atoms with van der Waals surface area (Å²) in [5.74, 6) is -0.358. The predicted molar refractivity (Wildman–Crippen MR) is 112 cm³/mol. The van der Waals surface area contributed by atoms with Gasteiger partial charge in [-0.15, -0.1) is 0 Å². The van der Waals surface area contributed by atoms with Crippen LogP contribution < -0.4 is 5.32 Å². The summed E-state index contributed by atoms with van der Waals surface area (Å²) in [6.45, 7) is 4.91. The Labute approximate surface area is 170 Å². The quantitative estimate of drug-likeness (QED) is 0.305. The summed E-state index contributed by atoms with van der Waals surface area (Å²) in [5.41, 5.74) is 0.909. The molecule has 0 fully saturated rings. The molecule has 5 heteroatoms. The number of rotatable bonds is 15. The fraction of sp³-hybridized carbons (Fsp3) is 0.652. The molecule has 0 radical (unpaired) electrons. The van der Waals surface area contributed by atoms with Crippen molar-refractivity contribution >= 4 is 12.1 Å². The topological polar surface area (TPSA) is 64.6 Å². The highest BCUT2D eigenvalue weighted by atomic mass is 16.6.